The Hall–Kier alpha value is -4.32. The van der Waals surface area contributed by atoms with Crippen LogP contribution in [-0.2, 0) is 17.6 Å². The van der Waals surface area contributed by atoms with Crippen LogP contribution in [0.2, 0.25) is 0 Å². The zero-order chi connectivity index (χ0) is 25.4. The normalized spacial score (nSPS) is 10.9. The largest absolute Gasteiger partial charge is 0.573 e. The SMILES string of the molecule is N#Cc1ccc(-c2ccc(OC(F)(F)F)cc2)cc1CCc1ccc(C(=O)NCCC(=O)O)cc1. The van der Waals surface area contributed by atoms with Crippen LogP contribution in [0.4, 0.5) is 13.2 Å². The van der Waals surface area contributed by atoms with Gasteiger partial charge >= 0.3 is 12.3 Å². The molecule has 6 nitrogen and oxygen atoms in total. The highest BCUT2D eigenvalue weighted by Gasteiger charge is 2.30. The summed E-state index contributed by atoms with van der Waals surface area (Å²) in [5, 5.41) is 20.6. The number of aliphatic carboxylic acids is 1. The number of carboxylic acid groups (broad SMARTS) is 1. The van der Waals surface area contributed by atoms with Crippen molar-refractivity contribution >= 4 is 11.9 Å². The standard InChI is InChI=1S/C26H21F3N2O4/c27-26(28,29)35-23-11-9-18(10-12-23)20-7-8-22(16-30)21(15-20)6-3-17-1-4-19(5-2-17)25(34)31-14-13-24(32)33/h1-2,4-5,7-12,15H,3,6,13-14H2,(H,31,34)(H,32,33). The molecule has 9 heteroatoms. The number of hydrogen-bond donors (Lipinski definition) is 2. The Bertz CT molecular complexity index is 1230. The number of halogens is 3. The number of nitrogens with one attached hydrogen (secondary N) is 1. The summed E-state index contributed by atoms with van der Waals surface area (Å²) in [5.41, 5.74) is 4.08. The molecule has 0 aliphatic rings. The lowest BCUT2D eigenvalue weighted by Gasteiger charge is -2.11. The van der Waals surface area contributed by atoms with Gasteiger partial charge < -0.3 is 15.2 Å². The van der Waals surface area contributed by atoms with Gasteiger partial charge in [0.15, 0.2) is 0 Å². The summed E-state index contributed by atoms with van der Waals surface area (Å²) in [6.07, 6.45) is -3.78. The van der Waals surface area contributed by atoms with Crippen molar-refractivity contribution in [3.05, 3.63) is 89.0 Å². The molecule has 0 bridgehead atoms. The molecule has 3 aromatic carbocycles. The van der Waals surface area contributed by atoms with E-state index in [1.807, 2.05) is 6.07 Å². The zero-order valence-corrected chi connectivity index (χ0v) is 18.4. The Balaban J connectivity index is 1.67. The quantitative estimate of drug-likeness (QED) is 0.441. The molecule has 0 unspecified atom stereocenters. The van der Waals surface area contributed by atoms with Crippen molar-refractivity contribution in [1.82, 2.24) is 5.32 Å². The van der Waals surface area contributed by atoms with Gasteiger partial charge in [-0.25, -0.2) is 0 Å². The van der Waals surface area contributed by atoms with Crippen LogP contribution in [0.25, 0.3) is 11.1 Å². The Morgan fingerprint density at radius 1 is 0.943 bits per heavy atom. The number of ether oxygens (including phenoxy) is 1. The molecule has 0 fully saturated rings. The van der Waals surface area contributed by atoms with Crippen molar-refractivity contribution in [3.8, 4) is 22.9 Å². The summed E-state index contributed by atoms with van der Waals surface area (Å²) in [5.74, 6) is -1.66. The van der Waals surface area contributed by atoms with Gasteiger partial charge in [0.1, 0.15) is 5.75 Å². The third-order valence-corrected chi connectivity index (χ3v) is 5.17. The fraction of sp³-hybridized carbons (Fsp3) is 0.192. The summed E-state index contributed by atoms with van der Waals surface area (Å²) in [6, 6.07) is 19.8. The molecular weight excluding hydrogens is 461 g/mol. The number of nitriles is 1. The van der Waals surface area contributed by atoms with E-state index in [1.165, 1.54) is 24.3 Å². The van der Waals surface area contributed by atoms with E-state index in [0.29, 0.717) is 29.5 Å². The summed E-state index contributed by atoms with van der Waals surface area (Å²) in [7, 11) is 0. The van der Waals surface area contributed by atoms with E-state index < -0.39 is 12.3 Å². The number of amides is 1. The number of nitrogens with zero attached hydrogens (tertiary/aromatic N) is 1. The van der Waals surface area contributed by atoms with Gasteiger partial charge in [-0.1, -0.05) is 30.3 Å². The highest BCUT2D eigenvalue weighted by atomic mass is 19.4. The number of rotatable bonds is 9. The van der Waals surface area contributed by atoms with Crippen LogP contribution in [0.1, 0.15) is 33.5 Å². The predicted octanol–water partition coefficient (Wildman–Crippen LogP) is 5.11. The van der Waals surface area contributed by atoms with Gasteiger partial charge in [-0.05, 0) is 71.5 Å². The number of carbonyl (C=O) groups is 2. The van der Waals surface area contributed by atoms with Crippen LogP contribution in [0.5, 0.6) is 5.75 Å². The van der Waals surface area contributed by atoms with Crippen molar-refractivity contribution in [2.45, 2.75) is 25.6 Å². The van der Waals surface area contributed by atoms with Crippen LogP contribution < -0.4 is 10.1 Å². The molecule has 3 aromatic rings. The van der Waals surface area contributed by atoms with Crippen LogP contribution in [-0.4, -0.2) is 29.9 Å². The minimum Gasteiger partial charge on any atom is -0.481 e. The molecule has 1 amide bonds. The number of alkyl halides is 3. The van der Waals surface area contributed by atoms with Crippen LogP contribution in [0, 0.1) is 11.3 Å². The fourth-order valence-electron chi connectivity index (χ4n) is 3.43. The molecule has 0 heterocycles. The lowest BCUT2D eigenvalue weighted by Crippen LogP contribution is -2.25. The van der Waals surface area contributed by atoms with Crippen molar-refractivity contribution in [1.29, 1.82) is 5.26 Å². The number of benzene rings is 3. The van der Waals surface area contributed by atoms with Crippen molar-refractivity contribution in [2.75, 3.05) is 6.54 Å². The highest BCUT2D eigenvalue weighted by molar-refractivity contribution is 5.94. The lowest BCUT2D eigenvalue weighted by atomic mass is 9.95. The topological polar surface area (TPSA) is 99.4 Å². The molecule has 0 spiro atoms. The molecule has 0 atom stereocenters. The first-order valence-corrected chi connectivity index (χ1v) is 10.6. The Morgan fingerprint density at radius 3 is 2.20 bits per heavy atom. The summed E-state index contributed by atoms with van der Waals surface area (Å²) in [4.78, 5) is 22.6. The second kappa shape index (κ2) is 11.2. The number of carbonyl (C=O) groups excluding carboxylic acids is 1. The van der Waals surface area contributed by atoms with E-state index in [4.69, 9.17) is 5.11 Å². The van der Waals surface area contributed by atoms with E-state index in [9.17, 15) is 28.0 Å². The highest BCUT2D eigenvalue weighted by Crippen LogP contribution is 2.28. The van der Waals surface area contributed by atoms with Gasteiger partial charge in [0, 0.05) is 12.1 Å². The van der Waals surface area contributed by atoms with E-state index >= 15 is 0 Å². The number of carboxylic acids is 1. The maximum absolute atomic E-state index is 12.4. The van der Waals surface area contributed by atoms with Crippen LogP contribution >= 0.6 is 0 Å². The first kappa shape index (κ1) is 25.3. The first-order chi connectivity index (χ1) is 16.6. The molecule has 0 aromatic heterocycles. The summed E-state index contributed by atoms with van der Waals surface area (Å²) < 4.78 is 41.0. The Kier molecular flexibility index (Phi) is 8.10. The van der Waals surface area contributed by atoms with Gasteiger partial charge in [-0.3, -0.25) is 9.59 Å². The van der Waals surface area contributed by atoms with E-state index in [2.05, 4.69) is 16.1 Å². The molecule has 0 saturated heterocycles. The van der Waals surface area contributed by atoms with E-state index in [1.54, 1.807) is 36.4 Å². The second-order valence-electron chi connectivity index (χ2n) is 7.65. The monoisotopic (exact) mass is 482 g/mol. The molecule has 180 valence electrons. The van der Waals surface area contributed by atoms with Crippen molar-refractivity contribution < 1.29 is 32.6 Å². The molecule has 0 radical (unpaired) electrons. The molecule has 0 saturated carbocycles. The van der Waals surface area contributed by atoms with E-state index in [0.717, 1.165) is 16.7 Å². The Morgan fingerprint density at radius 2 is 1.60 bits per heavy atom. The minimum atomic E-state index is -4.76. The third-order valence-electron chi connectivity index (χ3n) is 5.17. The first-order valence-electron chi connectivity index (χ1n) is 10.6. The zero-order valence-electron chi connectivity index (χ0n) is 18.4. The maximum Gasteiger partial charge on any atom is 0.573 e. The lowest BCUT2D eigenvalue weighted by molar-refractivity contribution is -0.274. The molecule has 0 aliphatic heterocycles. The van der Waals surface area contributed by atoms with Gasteiger partial charge in [0.2, 0.25) is 0 Å². The minimum absolute atomic E-state index is 0.0429. The van der Waals surface area contributed by atoms with Crippen LogP contribution in [0.3, 0.4) is 0 Å². The third kappa shape index (κ3) is 7.61. The maximum atomic E-state index is 12.4. The molecule has 0 aliphatic carbocycles. The predicted molar refractivity (Wildman–Crippen MR) is 122 cm³/mol. The fourth-order valence-corrected chi connectivity index (χ4v) is 3.43. The van der Waals surface area contributed by atoms with Gasteiger partial charge in [-0.2, -0.15) is 5.26 Å². The molecule has 3 rings (SSSR count). The average molecular weight is 482 g/mol. The number of hydrogen-bond acceptors (Lipinski definition) is 4. The van der Waals surface area contributed by atoms with Gasteiger partial charge in [-0.15, -0.1) is 13.2 Å². The summed E-state index contributed by atoms with van der Waals surface area (Å²) >= 11 is 0. The number of aryl methyl sites for hydroxylation is 2. The summed E-state index contributed by atoms with van der Waals surface area (Å²) in [6.45, 7) is 0.0429. The molecule has 35 heavy (non-hydrogen) atoms. The molecular formula is C26H21F3N2O4. The molecule has 2 N–H and O–H groups in total. The van der Waals surface area contributed by atoms with E-state index in [-0.39, 0.29) is 24.6 Å². The van der Waals surface area contributed by atoms with Gasteiger partial charge in [0.25, 0.3) is 5.91 Å². The van der Waals surface area contributed by atoms with Crippen molar-refractivity contribution in [2.24, 2.45) is 0 Å². The Labute approximate surface area is 199 Å². The second-order valence-corrected chi connectivity index (χ2v) is 7.65. The average Bonchev–Trinajstić information content (AvgIpc) is 2.82. The van der Waals surface area contributed by atoms with Crippen molar-refractivity contribution in [3.63, 3.8) is 0 Å². The van der Waals surface area contributed by atoms with Crippen LogP contribution in [0.15, 0.2) is 66.7 Å². The van der Waals surface area contributed by atoms with Gasteiger partial charge in [0.05, 0.1) is 18.1 Å². The smallest absolute Gasteiger partial charge is 0.481 e.